The van der Waals surface area contributed by atoms with Gasteiger partial charge in [-0.3, -0.25) is 9.69 Å². The highest BCUT2D eigenvalue weighted by Crippen LogP contribution is 2.10. The normalized spacial score (nSPS) is 21.8. The van der Waals surface area contributed by atoms with Crippen molar-refractivity contribution < 1.29 is 14.6 Å². The minimum absolute atomic E-state index is 0.533. The molecular weight excluding hydrogens is 220 g/mol. The van der Waals surface area contributed by atoms with Gasteiger partial charge >= 0.3 is 5.97 Å². The molecule has 1 saturated heterocycles. The van der Waals surface area contributed by atoms with Crippen LogP contribution in [0.15, 0.2) is 0 Å². The first kappa shape index (κ1) is 14.4. The fourth-order valence-corrected chi connectivity index (χ4v) is 2.00. The molecule has 0 aromatic carbocycles. The molecule has 100 valence electrons. The minimum atomic E-state index is -0.861. The Bertz CT molecular complexity index is 240. The molecule has 1 rings (SSSR count). The summed E-state index contributed by atoms with van der Waals surface area (Å²) in [5, 5.41) is 12.5. The third kappa shape index (κ3) is 4.61. The monoisotopic (exact) mass is 244 g/mol. The molecule has 17 heavy (non-hydrogen) atoms. The van der Waals surface area contributed by atoms with E-state index in [1.54, 1.807) is 6.92 Å². The predicted molar refractivity (Wildman–Crippen MR) is 66.2 cm³/mol. The summed E-state index contributed by atoms with van der Waals surface area (Å²) in [6.07, 6.45) is 1.91. The van der Waals surface area contributed by atoms with Gasteiger partial charge in [-0.2, -0.15) is 0 Å². The highest BCUT2D eigenvalue weighted by Gasteiger charge is 2.34. The number of rotatable bonds is 6. The van der Waals surface area contributed by atoms with Crippen molar-refractivity contribution in [3.05, 3.63) is 0 Å². The summed E-state index contributed by atoms with van der Waals surface area (Å²) in [6.45, 7) is 8.27. The highest BCUT2D eigenvalue weighted by molar-refractivity contribution is 5.78. The van der Waals surface area contributed by atoms with E-state index in [9.17, 15) is 9.90 Å². The lowest BCUT2D eigenvalue weighted by Gasteiger charge is -2.32. The maximum Gasteiger partial charge on any atom is 0.324 e. The molecule has 0 aromatic rings. The van der Waals surface area contributed by atoms with Gasteiger partial charge in [0.25, 0.3) is 0 Å². The molecule has 1 heterocycles. The summed E-state index contributed by atoms with van der Waals surface area (Å²) in [4.78, 5) is 13.5. The number of hydrogen-bond acceptors (Lipinski definition) is 4. The summed E-state index contributed by atoms with van der Waals surface area (Å²) >= 11 is 0. The average molecular weight is 244 g/mol. The molecule has 1 aliphatic heterocycles. The van der Waals surface area contributed by atoms with Gasteiger partial charge < -0.3 is 15.2 Å². The molecule has 5 heteroatoms. The number of ether oxygens (including phenoxy) is 1. The van der Waals surface area contributed by atoms with E-state index >= 15 is 0 Å². The summed E-state index contributed by atoms with van der Waals surface area (Å²) < 4.78 is 5.37. The summed E-state index contributed by atoms with van der Waals surface area (Å²) in [6, 6.07) is 0. The molecule has 1 atom stereocenters. The van der Waals surface area contributed by atoms with Crippen LogP contribution in [0.5, 0.6) is 0 Å². The first-order chi connectivity index (χ1) is 8.08. The van der Waals surface area contributed by atoms with Gasteiger partial charge in [0.15, 0.2) is 0 Å². The first-order valence-electron chi connectivity index (χ1n) is 6.37. The van der Waals surface area contributed by atoms with E-state index < -0.39 is 11.5 Å². The Balaban J connectivity index is 2.54. The minimum Gasteiger partial charge on any atom is -0.480 e. The highest BCUT2D eigenvalue weighted by atomic mass is 16.5. The molecule has 2 N–H and O–H groups in total. The Morgan fingerprint density at radius 3 is 2.88 bits per heavy atom. The average Bonchev–Trinajstić information content (AvgIpc) is 2.54. The zero-order valence-electron chi connectivity index (χ0n) is 10.9. The number of nitrogens with zero attached hydrogens (tertiary/aromatic N) is 1. The number of carbonyl (C=O) groups is 1. The van der Waals surface area contributed by atoms with Crippen LogP contribution in [0.2, 0.25) is 0 Å². The molecular formula is C12H24N2O3. The quantitative estimate of drug-likeness (QED) is 0.714. The van der Waals surface area contributed by atoms with Crippen molar-refractivity contribution in [3.63, 3.8) is 0 Å². The summed E-state index contributed by atoms with van der Waals surface area (Å²) in [5.74, 6) is -0.781. The second-order valence-electron chi connectivity index (χ2n) is 4.81. The lowest BCUT2D eigenvalue weighted by molar-refractivity contribution is -0.145. The fraction of sp³-hybridized carbons (Fsp3) is 0.917. The van der Waals surface area contributed by atoms with Crippen LogP contribution in [-0.2, 0) is 9.53 Å². The van der Waals surface area contributed by atoms with E-state index in [2.05, 4.69) is 10.2 Å². The number of hydrogen-bond donors (Lipinski definition) is 2. The number of carboxylic acid groups (broad SMARTS) is 1. The van der Waals surface area contributed by atoms with E-state index in [-0.39, 0.29) is 0 Å². The van der Waals surface area contributed by atoms with Gasteiger partial charge in [0.2, 0.25) is 0 Å². The molecule has 1 aliphatic rings. The molecule has 0 bridgehead atoms. The zero-order valence-corrected chi connectivity index (χ0v) is 10.9. The van der Waals surface area contributed by atoms with E-state index in [0.717, 1.165) is 39.1 Å². The van der Waals surface area contributed by atoms with E-state index in [0.29, 0.717) is 13.2 Å². The molecule has 0 aromatic heterocycles. The second-order valence-corrected chi connectivity index (χ2v) is 4.81. The van der Waals surface area contributed by atoms with Crippen molar-refractivity contribution >= 4 is 5.97 Å². The second kappa shape index (κ2) is 6.93. The molecule has 5 nitrogen and oxygen atoms in total. The zero-order chi connectivity index (χ0) is 12.7. The van der Waals surface area contributed by atoms with Crippen molar-refractivity contribution in [2.75, 3.05) is 39.4 Å². The van der Waals surface area contributed by atoms with Crippen LogP contribution < -0.4 is 5.32 Å². The molecule has 0 amide bonds. The van der Waals surface area contributed by atoms with Crippen LogP contribution >= 0.6 is 0 Å². The lowest BCUT2D eigenvalue weighted by Crippen LogP contribution is -2.57. The van der Waals surface area contributed by atoms with Crippen molar-refractivity contribution in [1.82, 2.24) is 10.2 Å². The van der Waals surface area contributed by atoms with Crippen molar-refractivity contribution in [2.45, 2.75) is 32.2 Å². The van der Waals surface area contributed by atoms with Gasteiger partial charge in [-0.05, 0) is 26.3 Å². The van der Waals surface area contributed by atoms with Crippen LogP contribution in [-0.4, -0.2) is 60.9 Å². The Hall–Kier alpha value is -0.650. The SMILES string of the molecule is CCCNC(C)(CN1CCCOCC1)C(=O)O. The number of nitrogens with one attached hydrogen (secondary N) is 1. The third-order valence-corrected chi connectivity index (χ3v) is 3.09. The van der Waals surface area contributed by atoms with Crippen LogP contribution in [0, 0.1) is 0 Å². The van der Waals surface area contributed by atoms with Gasteiger partial charge in [-0.25, -0.2) is 0 Å². The predicted octanol–water partition coefficient (Wildman–Crippen LogP) is 0.552. The lowest BCUT2D eigenvalue weighted by atomic mass is 10.0. The Morgan fingerprint density at radius 2 is 2.24 bits per heavy atom. The Morgan fingerprint density at radius 1 is 1.47 bits per heavy atom. The fourth-order valence-electron chi connectivity index (χ4n) is 2.00. The molecule has 0 aliphatic carbocycles. The standard InChI is InChI=1S/C12H24N2O3/c1-3-5-13-12(2,11(15)16)10-14-6-4-8-17-9-7-14/h13H,3-10H2,1-2H3,(H,15,16). The Kier molecular flexibility index (Phi) is 5.88. The summed E-state index contributed by atoms with van der Waals surface area (Å²) in [7, 11) is 0. The number of aliphatic carboxylic acids is 1. The van der Waals surface area contributed by atoms with Crippen molar-refractivity contribution in [1.29, 1.82) is 0 Å². The van der Waals surface area contributed by atoms with Crippen LogP contribution in [0.4, 0.5) is 0 Å². The van der Waals surface area contributed by atoms with Crippen LogP contribution in [0.25, 0.3) is 0 Å². The van der Waals surface area contributed by atoms with Gasteiger partial charge in [0.05, 0.1) is 6.61 Å². The first-order valence-corrected chi connectivity index (χ1v) is 6.37. The van der Waals surface area contributed by atoms with Crippen LogP contribution in [0.3, 0.4) is 0 Å². The van der Waals surface area contributed by atoms with E-state index in [1.807, 2.05) is 6.92 Å². The molecule has 0 saturated carbocycles. The van der Waals surface area contributed by atoms with Crippen molar-refractivity contribution in [2.24, 2.45) is 0 Å². The molecule has 0 radical (unpaired) electrons. The van der Waals surface area contributed by atoms with Gasteiger partial charge in [0.1, 0.15) is 5.54 Å². The van der Waals surface area contributed by atoms with Crippen molar-refractivity contribution in [3.8, 4) is 0 Å². The van der Waals surface area contributed by atoms with Gasteiger partial charge in [-0.15, -0.1) is 0 Å². The van der Waals surface area contributed by atoms with Gasteiger partial charge in [-0.1, -0.05) is 6.92 Å². The van der Waals surface area contributed by atoms with Gasteiger partial charge in [0, 0.05) is 26.2 Å². The Labute approximate surface area is 103 Å². The number of carboxylic acids is 1. The molecule has 1 fully saturated rings. The molecule has 0 spiro atoms. The maximum atomic E-state index is 11.4. The maximum absolute atomic E-state index is 11.4. The third-order valence-electron chi connectivity index (χ3n) is 3.09. The smallest absolute Gasteiger partial charge is 0.324 e. The van der Waals surface area contributed by atoms with Crippen LogP contribution in [0.1, 0.15) is 26.7 Å². The van der Waals surface area contributed by atoms with E-state index in [4.69, 9.17) is 4.74 Å². The largest absolute Gasteiger partial charge is 0.480 e. The van der Waals surface area contributed by atoms with E-state index in [1.165, 1.54) is 0 Å². The summed E-state index contributed by atoms with van der Waals surface area (Å²) in [5.41, 5.74) is -0.861. The topological polar surface area (TPSA) is 61.8 Å². The molecule has 1 unspecified atom stereocenters.